The normalized spacial score (nSPS) is 12.4. The van der Waals surface area contributed by atoms with Crippen molar-refractivity contribution >= 4 is 23.0 Å². The number of allylic oxidation sites excluding steroid dienone is 1. The van der Waals surface area contributed by atoms with E-state index < -0.39 is 7.12 Å². The first-order valence-electron chi connectivity index (χ1n) is 2.77. The molecule has 0 bridgehead atoms. The fraction of sp³-hybridized carbons (Fsp3) is 0.600. The zero-order valence-electron chi connectivity index (χ0n) is 5.50. The van der Waals surface area contributed by atoms with Gasteiger partial charge < -0.3 is 10.0 Å². The molecule has 0 aliphatic heterocycles. The average molecular weight is 193 g/mol. The lowest BCUT2D eigenvalue weighted by molar-refractivity contribution is 0.422. The molecule has 0 rings (SSSR count). The van der Waals surface area contributed by atoms with Crippen LogP contribution in [0.25, 0.3) is 0 Å². The molecule has 0 heterocycles. The highest BCUT2D eigenvalue weighted by atomic mass is 79.9. The van der Waals surface area contributed by atoms with Gasteiger partial charge in [0.05, 0.1) is 0 Å². The lowest BCUT2D eigenvalue weighted by Crippen LogP contribution is -2.11. The summed E-state index contributed by atoms with van der Waals surface area (Å²) in [5.74, 6) is 0.334. The summed E-state index contributed by atoms with van der Waals surface area (Å²) in [4.78, 5) is 0. The molecule has 0 atom stereocenters. The molecular weight excluding hydrogens is 183 g/mol. The van der Waals surface area contributed by atoms with Gasteiger partial charge in [-0.2, -0.15) is 0 Å². The third-order valence-electron chi connectivity index (χ3n) is 0.739. The summed E-state index contributed by atoms with van der Waals surface area (Å²) in [6.45, 7) is 3.92. The van der Waals surface area contributed by atoms with Gasteiger partial charge in [-0.1, -0.05) is 35.9 Å². The molecule has 0 aliphatic rings. The molecule has 0 saturated heterocycles. The Morgan fingerprint density at radius 3 is 2.11 bits per heavy atom. The summed E-state index contributed by atoms with van der Waals surface area (Å²) in [5.41, 5.74) is 0. The van der Waals surface area contributed by atoms with Crippen LogP contribution in [0.15, 0.2) is 10.5 Å². The zero-order chi connectivity index (χ0) is 7.44. The van der Waals surface area contributed by atoms with E-state index in [0.29, 0.717) is 10.3 Å². The van der Waals surface area contributed by atoms with E-state index in [1.165, 1.54) is 0 Å². The van der Waals surface area contributed by atoms with Gasteiger partial charge in [0.1, 0.15) is 0 Å². The number of hydrogen-bond donors (Lipinski definition) is 2. The molecular formula is C5H10BBrO2. The third-order valence-corrected chi connectivity index (χ3v) is 1.41. The molecule has 4 heteroatoms. The average Bonchev–Trinajstić information content (AvgIpc) is 1.63. The lowest BCUT2D eigenvalue weighted by atomic mass is 9.90. The van der Waals surface area contributed by atoms with Crippen molar-refractivity contribution in [2.75, 3.05) is 0 Å². The van der Waals surface area contributed by atoms with Crippen LogP contribution in [0.1, 0.15) is 13.8 Å². The molecule has 52 valence electrons. The third kappa shape index (κ3) is 4.69. The van der Waals surface area contributed by atoms with E-state index in [2.05, 4.69) is 15.9 Å². The fourth-order valence-electron chi connectivity index (χ4n) is 0.405. The van der Waals surface area contributed by atoms with E-state index in [1.807, 2.05) is 13.8 Å². The summed E-state index contributed by atoms with van der Waals surface area (Å²) in [6, 6.07) is 0. The lowest BCUT2D eigenvalue weighted by Gasteiger charge is -1.97. The summed E-state index contributed by atoms with van der Waals surface area (Å²) < 4.78 is 0.428. The van der Waals surface area contributed by atoms with Gasteiger partial charge in [0.25, 0.3) is 0 Å². The van der Waals surface area contributed by atoms with E-state index in [9.17, 15) is 0 Å². The van der Waals surface area contributed by atoms with E-state index in [4.69, 9.17) is 10.0 Å². The molecule has 0 spiro atoms. The highest BCUT2D eigenvalue weighted by Gasteiger charge is 2.10. The van der Waals surface area contributed by atoms with Crippen molar-refractivity contribution in [1.82, 2.24) is 0 Å². The molecule has 0 aromatic rings. The maximum Gasteiger partial charge on any atom is 0.495 e. The van der Waals surface area contributed by atoms with Crippen LogP contribution in [0.2, 0.25) is 0 Å². The Morgan fingerprint density at radius 2 is 2.00 bits per heavy atom. The molecule has 0 aromatic carbocycles. The monoisotopic (exact) mass is 192 g/mol. The predicted octanol–water partition coefficient (Wildman–Crippen LogP) is 0.933. The van der Waals surface area contributed by atoms with Gasteiger partial charge in [-0.3, -0.25) is 0 Å². The Bertz CT molecular complexity index is 112. The second kappa shape index (κ2) is 4.09. The van der Waals surface area contributed by atoms with Gasteiger partial charge >= 0.3 is 7.12 Å². The van der Waals surface area contributed by atoms with Crippen molar-refractivity contribution in [3.05, 3.63) is 10.5 Å². The Kier molecular flexibility index (Phi) is 4.18. The van der Waals surface area contributed by atoms with Gasteiger partial charge in [0.15, 0.2) is 0 Å². The Hall–Kier alpha value is 0.205. The van der Waals surface area contributed by atoms with Crippen LogP contribution in [0.4, 0.5) is 0 Å². The summed E-state index contributed by atoms with van der Waals surface area (Å²) in [5, 5.41) is 17.0. The second-order valence-corrected chi connectivity index (χ2v) is 3.08. The number of rotatable bonds is 2. The molecule has 0 aliphatic carbocycles. The quantitative estimate of drug-likeness (QED) is 0.640. The SMILES string of the molecule is CC(C)/C=C(/Br)B(O)O. The number of halogens is 1. The molecule has 0 unspecified atom stereocenters. The Balaban J connectivity index is 3.84. The Labute approximate surface area is 63.9 Å². The van der Waals surface area contributed by atoms with E-state index in [1.54, 1.807) is 6.08 Å². The first-order chi connectivity index (χ1) is 4.04. The Morgan fingerprint density at radius 1 is 1.56 bits per heavy atom. The highest BCUT2D eigenvalue weighted by molar-refractivity contribution is 9.12. The van der Waals surface area contributed by atoms with Crippen LogP contribution in [0, 0.1) is 5.92 Å². The van der Waals surface area contributed by atoms with Crippen LogP contribution in [0.5, 0.6) is 0 Å². The van der Waals surface area contributed by atoms with Crippen molar-refractivity contribution < 1.29 is 10.0 Å². The van der Waals surface area contributed by atoms with E-state index in [0.717, 1.165) is 0 Å². The van der Waals surface area contributed by atoms with E-state index in [-0.39, 0.29) is 0 Å². The summed E-state index contributed by atoms with van der Waals surface area (Å²) in [7, 11) is -1.37. The van der Waals surface area contributed by atoms with Crippen molar-refractivity contribution in [2.45, 2.75) is 13.8 Å². The van der Waals surface area contributed by atoms with Crippen LogP contribution >= 0.6 is 15.9 Å². The molecule has 2 N–H and O–H groups in total. The molecule has 2 nitrogen and oxygen atoms in total. The minimum absolute atomic E-state index is 0.334. The minimum atomic E-state index is -1.37. The topological polar surface area (TPSA) is 40.5 Å². The van der Waals surface area contributed by atoms with Crippen molar-refractivity contribution in [3.63, 3.8) is 0 Å². The predicted molar refractivity (Wildman–Crippen MR) is 42.0 cm³/mol. The van der Waals surface area contributed by atoms with Crippen LogP contribution in [0.3, 0.4) is 0 Å². The van der Waals surface area contributed by atoms with Gasteiger partial charge in [0.2, 0.25) is 0 Å². The first-order valence-corrected chi connectivity index (χ1v) is 3.56. The van der Waals surface area contributed by atoms with E-state index >= 15 is 0 Å². The first kappa shape index (κ1) is 9.20. The zero-order valence-corrected chi connectivity index (χ0v) is 7.09. The molecule has 0 amide bonds. The maximum absolute atomic E-state index is 8.51. The second-order valence-electron chi connectivity index (χ2n) is 2.17. The summed E-state index contributed by atoms with van der Waals surface area (Å²) in [6.07, 6.45) is 1.74. The van der Waals surface area contributed by atoms with Gasteiger partial charge in [-0.25, -0.2) is 0 Å². The molecule has 9 heavy (non-hydrogen) atoms. The highest BCUT2D eigenvalue weighted by Crippen LogP contribution is 2.09. The van der Waals surface area contributed by atoms with Crippen molar-refractivity contribution in [2.24, 2.45) is 5.92 Å². The standard InChI is InChI=1S/C5H10BBrO2/c1-4(2)3-5(7)6(8)9/h3-4,8-9H,1-2H3/b5-3+. The van der Waals surface area contributed by atoms with Crippen LogP contribution in [-0.4, -0.2) is 17.2 Å². The van der Waals surface area contributed by atoms with Gasteiger partial charge in [-0.15, -0.1) is 0 Å². The van der Waals surface area contributed by atoms with Gasteiger partial charge in [0, 0.05) is 4.38 Å². The van der Waals surface area contributed by atoms with Crippen molar-refractivity contribution in [3.8, 4) is 0 Å². The smallest absolute Gasteiger partial charge is 0.423 e. The number of hydrogen-bond acceptors (Lipinski definition) is 2. The van der Waals surface area contributed by atoms with Crippen molar-refractivity contribution in [1.29, 1.82) is 0 Å². The molecule has 0 radical (unpaired) electrons. The van der Waals surface area contributed by atoms with Crippen LogP contribution < -0.4 is 0 Å². The summed E-state index contributed by atoms with van der Waals surface area (Å²) >= 11 is 3.00. The maximum atomic E-state index is 8.51. The van der Waals surface area contributed by atoms with Crippen LogP contribution in [-0.2, 0) is 0 Å². The van der Waals surface area contributed by atoms with Gasteiger partial charge in [-0.05, 0) is 5.92 Å². The largest absolute Gasteiger partial charge is 0.495 e. The molecule has 0 saturated carbocycles. The molecule has 0 fully saturated rings. The minimum Gasteiger partial charge on any atom is -0.423 e. The molecule has 0 aromatic heterocycles. The fourth-order valence-corrected chi connectivity index (χ4v) is 0.933.